The summed E-state index contributed by atoms with van der Waals surface area (Å²) in [6.45, 7) is -0.184. The zero-order valence-corrected chi connectivity index (χ0v) is 5.41. The minimum Gasteiger partial charge on any atom is -0.251 e. The summed E-state index contributed by atoms with van der Waals surface area (Å²) in [6.07, 6.45) is -1.25. The fourth-order valence-electron chi connectivity index (χ4n) is 0.588. The van der Waals surface area contributed by atoms with Gasteiger partial charge in [-0.2, -0.15) is 0 Å². The van der Waals surface area contributed by atoms with Crippen LogP contribution in [0.25, 0.3) is 0 Å². The lowest BCUT2D eigenvalue weighted by Gasteiger charge is -2.11. The van der Waals surface area contributed by atoms with Gasteiger partial charge in [0.05, 0.1) is 6.67 Å². The molecule has 0 spiro atoms. The van der Waals surface area contributed by atoms with Crippen LogP contribution in [0.4, 0.5) is 13.2 Å². The molecule has 0 aliphatic rings. The number of hydrogen-bond donors (Lipinski definition) is 0. The van der Waals surface area contributed by atoms with E-state index in [1.807, 2.05) is 0 Å². The Kier molecular flexibility index (Phi) is 4.54. The summed E-state index contributed by atoms with van der Waals surface area (Å²) in [5.74, 6) is -0.741. The number of hydrogen-bond acceptors (Lipinski definition) is 0. The highest BCUT2D eigenvalue weighted by molar-refractivity contribution is 4.65. The lowest BCUT2D eigenvalue weighted by molar-refractivity contribution is 0.152. The van der Waals surface area contributed by atoms with Crippen molar-refractivity contribution in [2.45, 2.75) is 19.5 Å². The molecule has 0 bridgehead atoms. The molecule has 0 heterocycles. The van der Waals surface area contributed by atoms with Crippen molar-refractivity contribution in [1.82, 2.24) is 0 Å². The second-order valence-corrected chi connectivity index (χ2v) is 1.99. The van der Waals surface area contributed by atoms with Crippen molar-refractivity contribution in [2.75, 3.05) is 13.3 Å². The van der Waals surface area contributed by atoms with E-state index in [1.165, 1.54) is 0 Å². The maximum atomic E-state index is 12.2. The summed E-state index contributed by atoms with van der Waals surface area (Å²) in [5.41, 5.74) is 0. The molecule has 3 heteroatoms. The molecule has 0 aliphatic carbocycles. The molecule has 0 rings (SSSR count). The van der Waals surface area contributed by atoms with Gasteiger partial charge in [-0.05, 0) is 6.42 Å². The van der Waals surface area contributed by atoms with Gasteiger partial charge in [-0.1, -0.05) is 6.92 Å². The molecular formula is C6H11F3. The molecule has 0 aromatic carbocycles. The summed E-state index contributed by atoms with van der Waals surface area (Å²) in [4.78, 5) is 0. The van der Waals surface area contributed by atoms with E-state index >= 15 is 0 Å². The van der Waals surface area contributed by atoms with Crippen molar-refractivity contribution >= 4 is 0 Å². The van der Waals surface area contributed by atoms with Crippen LogP contribution in [0.2, 0.25) is 0 Å². The van der Waals surface area contributed by atoms with Gasteiger partial charge in [-0.3, -0.25) is 4.39 Å². The molecule has 0 N–H and O–H groups in total. The SMILES string of the molecule is CCC(CF)C(F)CF. The maximum absolute atomic E-state index is 12.2. The highest BCUT2D eigenvalue weighted by Gasteiger charge is 2.18. The number of halogens is 3. The normalized spacial score (nSPS) is 17.3. The van der Waals surface area contributed by atoms with Crippen molar-refractivity contribution in [2.24, 2.45) is 5.92 Å². The van der Waals surface area contributed by atoms with E-state index in [1.54, 1.807) is 6.92 Å². The minimum absolute atomic E-state index is 0.363. The Morgan fingerprint density at radius 2 is 1.78 bits per heavy atom. The van der Waals surface area contributed by atoms with Crippen LogP contribution in [0.15, 0.2) is 0 Å². The lowest BCUT2D eigenvalue weighted by Crippen LogP contribution is -2.18. The first-order valence-corrected chi connectivity index (χ1v) is 3.02. The fourth-order valence-corrected chi connectivity index (χ4v) is 0.588. The first-order chi connectivity index (χ1) is 4.26. The summed E-state index contributed by atoms with van der Waals surface area (Å²) in [5, 5.41) is 0. The molecule has 0 amide bonds. The zero-order valence-electron chi connectivity index (χ0n) is 5.41. The smallest absolute Gasteiger partial charge is 0.134 e. The molecule has 0 saturated heterocycles. The van der Waals surface area contributed by atoms with Gasteiger partial charge in [-0.25, -0.2) is 8.78 Å². The Hall–Kier alpha value is -0.210. The fraction of sp³-hybridized carbons (Fsp3) is 1.00. The van der Waals surface area contributed by atoms with Crippen molar-refractivity contribution in [3.8, 4) is 0 Å². The van der Waals surface area contributed by atoms with Crippen LogP contribution in [-0.2, 0) is 0 Å². The molecule has 0 radical (unpaired) electrons. The van der Waals surface area contributed by atoms with Gasteiger partial charge in [0.25, 0.3) is 0 Å². The van der Waals surface area contributed by atoms with Crippen LogP contribution >= 0.6 is 0 Å². The van der Waals surface area contributed by atoms with Gasteiger partial charge < -0.3 is 0 Å². The van der Waals surface area contributed by atoms with Crippen molar-refractivity contribution in [3.63, 3.8) is 0 Å². The van der Waals surface area contributed by atoms with E-state index < -0.39 is 25.4 Å². The predicted octanol–water partition coefficient (Wildman–Crippen LogP) is 2.29. The third-order valence-corrected chi connectivity index (χ3v) is 1.38. The highest BCUT2D eigenvalue weighted by Crippen LogP contribution is 2.12. The summed E-state index contributed by atoms with van der Waals surface area (Å²) in [7, 11) is 0. The molecule has 56 valence electrons. The second-order valence-electron chi connectivity index (χ2n) is 1.99. The molecular weight excluding hydrogens is 129 g/mol. The standard InChI is InChI=1S/C6H11F3/c1-2-5(3-7)6(9)4-8/h5-6H,2-4H2,1H3. The Morgan fingerprint density at radius 3 is 1.89 bits per heavy atom. The molecule has 0 aromatic heterocycles. The van der Waals surface area contributed by atoms with Gasteiger partial charge in [0.1, 0.15) is 12.8 Å². The van der Waals surface area contributed by atoms with E-state index in [-0.39, 0.29) is 0 Å². The van der Waals surface area contributed by atoms with Crippen LogP contribution in [0, 0.1) is 5.92 Å². The Bertz CT molecular complexity index is 61.3. The summed E-state index contributed by atoms with van der Waals surface area (Å²) >= 11 is 0. The number of alkyl halides is 3. The molecule has 0 saturated carbocycles. The largest absolute Gasteiger partial charge is 0.251 e. The highest BCUT2D eigenvalue weighted by atomic mass is 19.2. The minimum atomic E-state index is -1.61. The van der Waals surface area contributed by atoms with Crippen molar-refractivity contribution in [3.05, 3.63) is 0 Å². The van der Waals surface area contributed by atoms with Crippen LogP contribution in [-0.4, -0.2) is 19.5 Å². The monoisotopic (exact) mass is 140 g/mol. The third-order valence-electron chi connectivity index (χ3n) is 1.38. The number of rotatable bonds is 4. The average Bonchev–Trinajstić information content (AvgIpc) is 1.90. The molecule has 9 heavy (non-hydrogen) atoms. The van der Waals surface area contributed by atoms with Crippen molar-refractivity contribution in [1.29, 1.82) is 0 Å². The van der Waals surface area contributed by atoms with Gasteiger partial charge >= 0.3 is 0 Å². The van der Waals surface area contributed by atoms with E-state index in [0.717, 1.165) is 0 Å². The quantitative estimate of drug-likeness (QED) is 0.562. The molecule has 0 aliphatic heterocycles. The topological polar surface area (TPSA) is 0 Å². The Labute approximate surface area is 53.1 Å². The van der Waals surface area contributed by atoms with Crippen LogP contribution in [0.3, 0.4) is 0 Å². The van der Waals surface area contributed by atoms with Gasteiger partial charge in [-0.15, -0.1) is 0 Å². The molecule has 0 aromatic rings. The van der Waals surface area contributed by atoms with Crippen molar-refractivity contribution < 1.29 is 13.2 Å². The van der Waals surface area contributed by atoms with Gasteiger partial charge in [0, 0.05) is 5.92 Å². The predicted molar refractivity (Wildman–Crippen MR) is 30.6 cm³/mol. The third kappa shape index (κ3) is 2.72. The second kappa shape index (κ2) is 4.65. The Morgan fingerprint density at radius 1 is 1.22 bits per heavy atom. The van der Waals surface area contributed by atoms with E-state index in [2.05, 4.69) is 0 Å². The van der Waals surface area contributed by atoms with Crippen LogP contribution in [0.5, 0.6) is 0 Å². The van der Waals surface area contributed by atoms with E-state index in [9.17, 15) is 13.2 Å². The summed E-state index contributed by atoms with van der Waals surface area (Å²) in [6, 6.07) is 0. The molecule has 2 unspecified atom stereocenters. The Balaban J connectivity index is 3.50. The van der Waals surface area contributed by atoms with Crippen LogP contribution < -0.4 is 0 Å². The summed E-state index contributed by atoms with van der Waals surface area (Å²) < 4.78 is 35.3. The van der Waals surface area contributed by atoms with Crippen LogP contribution in [0.1, 0.15) is 13.3 Å². The van der Waals surface area contributed by atoms with E-state index in [0.29, 0.717) is 6.42 Å². The first-order valence-electron chi connectivity index (χ1n) is 3.02. The average molecular weight is 140 g/mol. The molecule has 0 nitrogen and oxygen atoms in total. The first kappa shape index (κ1) is 8.79. The molecule has 2 atom stereocenters. The maximum Gasteiger partial charge on any atom is 0.134 e. The van der Waals surface area contributed by atoms with Gasteiger partial charge in [0.2, 0.25) is 0 Å². The van der Waals surface area contributed by atoms with Gasteiger partial charge in [0.15, 0.2) is 0 Å². The lowest BCUT2D eigenvalue weighted by atomic mass is 10.0. The van der Waals surface area contributed by atoms with E-state index in [4.69, 9.17) is 0 Å². The zero-order chi connectivity index (χ0) is 7.28. The molecule has 0 fully saturated rings.